The van der Waals surface area contributed by atoms with Gasteiger partial charge in [-0.25, -0.2) is 4.98 Å². The number of phenolic OH excluding ortho intramolecular Hbond substituents is 1. The fourth-order valence-corrected chi connectivity index (χ4v) is 3.15. The van der Waals surface area contributed by atoms with E-state index >= 15 is 0 Å². The Hall–Kier alpha value is -3.60. The number of imidazole rings is 1. The second kappa shape index (κ2) is 4.95. The van der Waals surface area contributed by atoms with Crippen molar-refractivity contribution >= 4 is 32.8 Å². The topological polar surface area (TPSA) is 79.1 Å². The molecule has 5 rings (SSSR count). The number of nitrogens with zero attached hydrogens (tertiary/aromatic N) is 1. The molecule has 0 aliphatic heterocycles. The third-order valence-corrected chi connectivity index (χ3v) is 4.39. The highest BCUT2D eigenvalue weighted by Gasteiger charge is 2.14. The maximum Gasteiger partial charge on any atom is 0.203 e. The summed E-state index contributed by atoms with van der Waals surface area (Å²) >= 11 is 0. The molecule has 25 heavy (non-hydrogen) atoms. The number of aromatic nitrogens is 2. The van der Waals surface area contributed by atoms with Crippen molar-refractivity contribution in [2.75, 3.05) is 0 Å². The van der Waals surface area contributed by atoms with Crippen LogP contribution in [0.15, 0.2) is 70.1 Å². The lowest BCUT2D eigenvalue weighted by Crippen LogP contribution is -2.05. The van der Waals surface area contributed by atoms with Crippen molar-refractivity contribution in [3.8, 4) is 17.1 Å². The van der Waals surface area contributed by atoms with E-state index in [1.165, 1.54) is 18.4 Å². The molecule has 120 valence electrons. The second-order valence-electron chi connectivity index (χ2n) is 5.93. The molecule has 5 aromatic rings. The van der Waals surface area contributed by atoms with Gasteiger partial charge in [-0.1, -0.05) is 30.3 Å². The van der Waals surface area contributed by atoms with Crippen molar-refractivity contribution in [2.24, 2.45) is 0 Å². The summed E-state index contributed by atoms with van der Waals surface area (Å²) in [5, 5.41) is 12.0. The molecule has 0 aliphatic rings. The summed E-state index contributed by atoms with van der Waals surface area (Å²) in [6.07, 6.45) is 1.38. The van der Waals surface area contributed by atoms with Gasteiger partial charge in [0.05, 0.1) is 16.4 Å². The Kier molecular flexibility index (Phi) is 2.73. The molecule has 0 spiro atoms. The molecule has 5 nitrogen and oxygen atoms in total. The van der Waals surface area contributed by atoms with Crippen LogP contribution in [0.4, 0.5) is 0 Å². The van der Waals surface area contributed by atoms with Gasteiger partial charge in [0.2, 0.25) is 5.43 Å². The summed E-state index contributed by atoms with van der Waals surface area (Å²) < 4.78 is 5.52. The van der Waals surface area contributed by atoms with E-state index in [1.54, 1.807) is 6.07 Å². The van der Waals surface area contributed by atoms with Gasteiger partial charge in [0.25, 0.3) is 0 Å². The first-order valence-electron chi connectivity index (χ1n) is 7.83. The molecule has 0 amide bonds. The molecule has 0 radical (unpaired) electrons. The van der Waals surface area contributed by atoms with Crippen LogP contribution in [0.1, 0.15) is 0 Å². The number of aromatic hydroxyl groups is 1. The van der Waals surface area contributed by atoms with Crippen LogP contribution >= 0.6 is 0 Å². The summed E-state index contributed by atoms with van der Waals surface area (Å²) in [5.41, 5.74) is 2.19. The van der Waals surface area contributed by atoms with Gasteiger partial charge in [-0.15, -0.1) is 0 Å². The zero-order chi connectivity index (χ0) is 17.0. The minimum Gasteiger partial charge on any atom is -0.508 e. The fourth-order valence-electron chi connectivity index (χ4n) is 3.15. The van der Waals surface area contributed by atoms with Crippen LogP contribution in [-0.4, -0.2) is 15.1 Å². The first-order valence-corrected chi connectivity index (χ1v) is 7.83. The van der Waals surface area contributed by atoms with Gasteiger partial charge < -0.3 is 14.5 Å². The quantitative estimate of drug-likeness (QED) is 0.483. The largest absolute Gasteiger partial charge is 0.508 e. The average molecular weight is 328 g/mol. The third kappa shape index (κ3) is 2.03. The molecule has 0 aliphatic carbocycles. The Morgan fingerprint density at radius 2 is 1.88 bits per heavy atom. The minimum atomic E-state index is -0.190. The van der Waals surface area contributed by atoms with Gasteiger partial charge in [-0.3, -0.25) is 4.79 Å². The smallest absolute Gasteiger partial charge is 0.203 e. The number of phenols is 1. The Morgan fingerprint density at radius 1 is 1.00 bits per heavy atom. The summed E-state index contributed by atoms with van der Waals surface area (Å²) in [5.74, 6) is 0.522. The van der Waals surface area contributed by atoms with Crippen molar-refractivity contribution in [1.29, 1.82) is 0 Å². The van der Waals surface area contributed by atoms with E-state index in [-0.39, 0.29) is 11.2 Å². The van der Waals surface area contributed by atoms with Crippen molar-refractivity contribution < 1.29 is 9.52 Å². The highest BCUT2D eigenvalue weighted by atomic mass is 16.3. The lowest BCUT2D eigenvalue weighted by Gasteiger charge is -2.00. The van der Waals surface area contributed by atoms with E-state index in [4.69, 9.17) is 4.42 Å². The number of hydrogen-bond donors (Lipinski definition) is 2. The van der Waals surface area contributed by atoms with Crippen LogP contribution in [0.5, 0.6) is 5.75 Å². The number of nitrogens with one attached hydrogen (secondary N) is 1. The molecule has 2 aromatic heterocycles. The van der Waals surface area contributed by atoms with Crippen LogP contribution in [0.25, 0.3) is 44.2 Å². The molecule has 0 saturated heterocycles. The first kappa shape index (κ1) is 13.8. The molecule has 0 saturated carbocycles. The lowest BCUT2D eigenvalue weighted by atomic mass is 10.1. The van der Waals surface area contributed by atoms with Gasteiger partial charge in [0.1, 0.15) is 29.0 Å². The number of benzene rings is 3. The Bertz CT molecular complexity index is 1330. The summed E-state index contributed by atoms with van der Waals surface area (Å²) in [4.78, 5) is 20.6. The predicted molar refractivity (Wildman–Crippen MR) is 96.7 cm³/mol. The van der Waals surface area contributed by atoms with E-state index in [0.29, 0.717) is 22.4 Å². The van der Waals surface area contributed by atoms with Crippen molar-refractivity contribution in [2.45, 2.75) is 0 Å². The third-order valence-electron chi connectivity index (χ3n) is 4.39. The van der Waals surface area contributed by atoms with Crippen LogP contribution in [0.2, 0.25) is 0 Å². The number of hydrogen-bond acceptors (Lipinski definition) is 4. The molecule has 0 bridgehead atoms. The molecule has 2 N–H and O–H groups in total. The first-order chi connectivity index (χ1) is 12.2. The Labute approximate surface area is 141 Å². The Morgan fingerprint density at radius 3 is 2.80 bits per heavy atom. The van der Waals surface area contributed by atoms with Gasteiger partial charge in [0.15, 0.2) is 0 Å². The second-order valence-corrected chi connectivity index (χ2v) is 5.93. The highest BCUT2D eigenvalue weighted by molar-refractivity contribution is 6.05. The van der Waals surface area contributed by atoms with E-state index in [2.05, 4.69) is 9.97 Å². The number of rotatable bonds is 1. The monoisotopic (exact) mass is 328 g/mol. The molecule has 3 aromatic carbocycles. The average Bonchev–Trinajstić information content (AvgIpc) is 3.06. The fraction of sp³-hybridized carbons (Fsp3) is 0. The molecule has 5 heteroatoms. The standard InChI is InChI=1S/C20H12N2O3/c23-12-6-7-14-17(9-12)25-10-15(19(14)24)20-21-16-8-5-11-3-1-2-4-13(11)18(16)22-20/h1-10,23H,(H,21,22). The van der Waals surface area contributed by atoms with Crippen molar-refractivity contribution in [1.82, 2.24) is 9.97 Å². The molecule has 2 heterocycles. The minimum absolute atomic E-state index is 0.0543. The SMILES string of the molecule is O=c1c(-c2nc3c(ccc4ccccc43)[nH]2)coc2cc(O)ccc12. The maximum absolute atomic E-state index is 12.8. The Balaban J connectivity index is 1.80. The van der Waals surface area contributed by atoms with Gasteiger partial charge in [-0.05, 0) is 23.6 Å². The molecule has 0 unspecified atom stereocenters. The summed E-state index contributed by atoms with van der Waals surface area (Å²) in [7, 11) is 0. The van der Waals surface area contributed by atoms with E-state index in [9.17, 15) is 9.90 Å². The molecular weight excluding hydrogens is 316 g/mol. The molecular formula is C20H12N2O3. The zero-order valence-electron chi connectivity index (χ0n) is 13.0. The maximum atomic E-state index is 12.8. The normalized spacial score (nSPS) is 11.5. The van der Waals surface area contributed by atoms with Crippen LogP contribution < -0.4 is 5.43 Å². The number of fused-ring (bicyclic) bond motifs is 4. The van der Waals surface area contributed by atoms with Gasteiger partial charge in [0, 0.05) is 11.5 Å². The summed E-state index contributed by atoms with van der Waals surface area (Å²) in [6, 6.07) is 16.4. The van der Waals surface area contributed by atoms with Crippen molar-refractivity contribution in [3.63, 3.8) is 0 Å². The van der Waals surface area contributed by atoms with E-state index in [0.717, 1.165) is 21.8 Å². The van der Waals surface area contributed by atoms with Crippen LogP contribution in [0.3, 0.4) is 0 Å². The van der Waals surface area contributed by atoms with E-state index < -0.39 is 0 Å². The van der Waals surface area contributed by atoms with Crippen LogP contribution in [0, 0.1) is 0 Å². The highest BCUT2D eigenvalue weighted by Crippen LogP contribution is 2.27. The van der Waals surface area contributed by atoms with E-state index in [1.807, 2.05) is 36.4 Å². The van der Waals surface area contributed by atoms with Crippen molar-refractivity contribution in [3.05, 3.63) is 71.1 Å². The number of H-pyrrole nitrogens is 1. The molecule has 0 fully saturated rings. The molecule has 0 atom stereocenters. The lowest BCUT2D eigenvalue weighted by molar-refractivity contribution is 0.474. The van der Waals surface area contributed by atoms with Crippen LogP contribution in [-0.2, 0) is 0 Å². The van der Waals surface area contributed by atoms with Gasteiger partial charge in [-0.2, -0.15) is 0 Å². The number of aromatic amines is 1. The van der Waals surface area contributed by atoms with Gasteiger partial charge >= 0.3 is 0 Å². The zero-order valence-corrected chi connectivity index (χ0v) is 13.0. The predicted octanol–water partition coefficient (Wildman–Crippen LogP) is 4.20. The summed E-state index contributed by atoms with van der Waals surface area (Å²) in [6.45, 7) is 0.